The van der Waals surface area contributed by atoms with Crippen molar-refractivity contribution >= 4 is 41.5 Å². The molecule has 7 heteroatoms. The van der Waals surface area contributed by atoms with E-state index in [0.29, 0.717) is 16.6 Å². The van der Waals surface area contributed by atoms with Gasteiger partial charge in [-0.25, -0.2) is 0 Å². The van der Waals surface area contributed by atoms with Gasteiger partial charge in [0.1, 0.15) is 6.10 Å². The molecule has 3 N–H and O–H groups in total. The first-order valence-corrected chi connectivity index (χ1v) is 10.1. The predicted molar refractivity (Wildman–Crippen MR) is 127 cm³/mol. The molecule has 0 bridgehead atoms. The van der Waals surface area contributed by atoms with Gasteiger partial charge in [-0.1, -0.05) is 43.6 Å². The maximum absolute atomic E-state index is 10.4. The highest BCUT2D eigenvalue weighted by Crippen LogP contribution is 2.22. The van der Waals surface area contributed by atoms with Gasteiger partial charge < -0.3 is 20.6 Å². The topological polar surface area (TPSA) is 59.9 Å². The van der Waals surface area contributed by atoms with Crippen molar-refractivity contribution in [1.29, 1.82) is 0 Å². The summed E-state index contributed by atoms with van der Waals surface area (Å²) in [5.41, 5.74) is 0.709. The van der Waals surface area contributed by atoms with Crippen molar-refractivity contribution in [1.82, 2.24) is 15.5 Å². The summed E-state index contributed by atoms with van der Waals surface area (Å²) in [6.45, 7) is 13.0. The quantitative estimate of drug-likeness (QED) is 0.239. The molecule has 0 aliphatic heterocycles. The lowest BCUT2D eigenvalue weighted by Crippen LogP contribution is -2.42. The minimum atomic E-state index is -0.711. The van der Waals surface area contributed by atoms with Gasteiger partial charge >= 0.3 is 0 Å². The first-order valence-electron chi connectivity index (χ1n) is 9.71. The molecular weight excluding hydrogens is 475 g/mol. The number of nitrogens with zero attached hydrogens (tertiary/aromatic N) is 2. The Bertz CT molecular complexity index is 540. The molecule has 1 aromatic carbocycles. The maximum atomic E-state index is 10.4. The Hall–Kier alpha value is -0.570. The average molecular weight is 511 g/mol. The van der Waals surface area contributed by atoms with Crippen LogP contribution in [0.15, 0.2) is 29.3 Å². The normalized spacial score (nSPS) is 13.8. The molecule has 5 nitrogen and oxygen atoms in total. The summed E-state index contributed by atoms with van der Waals surface area (Å²) < 4.78 is 0. The molecule has 0 radical (unpaired) electrons. The number of aliphatic hydroxyl groups excluding tert-OH is 1. The van der Waals surface area contributed by atoms with Crippen LogP contribution in [0.2, 0.25) is 5.02 Å². The Morgan fingerprint density at radius 3 is 2.48 bits per heavy atom. The Balaban J connectivity index is 0.00000676. The molecule has 0 heterocycles. The molecule has 0 aliphatic carbocycles. The van der Waals surface area contributed by atoms with Gasteiger partial charge in [0, 0.05) is 23.2 Å². The third-order valence-corrected chi connectivity index (χ3v) is 4.76. The predicted octanol–water partition coefficient (Wildman–Crippen LogP) is 4.06. The largest absolute Gasteiger partial charge is 0.386 e. The second-order valence-electron chi connectivity index (χ2n) is 6.47. The number of guanidine groups is 1. The van der Waals surface area contributed by atoms with Gasteiger partial charge in [-0.3, -0.25) is 4.99 Å². The van der Waals surface area contributed by atoms with E-state index in [1.165, 1.54) is 0 Å². The SMILES string of the molecule is CCNC(=NCC(O)c1ccccc1Cl)NC(C)CCCN(CC)CC.I. The molecule has 0 aliphatic rings. The first kappa shape index (κ1) is 26.4. The van der Waals surface area contributed by atoms with Crippen molar-refractivity contribution in [2.75, 3.05) is 32.7 Å². The fourth-order valence-corrected chi connectivity index (χ4v) is 3.07. The van der Waals surface area contributed by atoms with Crippen molar-refractivity contribution in [3.05, 3.63) is 34.9 Å². The minimum absolute atomic E-state index is 0. The van der Waals surface area contributed by atoms with E-state index in [-0.39, 0.29) is 30.5 Å². The highest BCUT2D eigenvalue weighted by atomic mass is 127. The van der Waals surface area contributed by atoms with Crippen LogP contribution in [0.4, 0.5) is 0 Å². The van der Waals surface area contributed by atoms with E-state index in [0.717, 1.165) is 45.0 Å². The first-order chi connectivity index (χ1) is 12.5. The summed E-state index contributed by atoms with van der Waals surface area (Å²) in [5, 5.41) is 17.6. The number of aliphatic imine (C=N–C) groups is 1. The Labute approximate surface area is 187 Å². The smallest absolute Gasteiger partial charge is 0.191 e. The van der Waals surface area contributed by atoms with Crippen LogP contribution in [0.1, 0.15) is 52.2 Å². The molecule has 2 unspecified atom stereocenters. The fraction of sp³-hybridized carbons (Fsp3) is 0.650. The van der Waals surface area contributed by atoms with Gasteiger partial charge in [0.2, 0.25) is 0 Å². The minimum Gasteiger partial charge on any atom is -0.386 e. The highest BCUT2D eigenvalue weighted by Gasteiger charge is 2.12. The third-order valence-electron chi connectivity index (χ3n) is 4.42. The zero-order valence-corrected chi connectivity index (χ0v) is 20.1. The Kier molecular flexibility index (Phi) is 15.0. The van der Waals surface area contributed by atoms with Crippen LogP contribution in [0.5, 0.6) is 0 Å². The average Bonchev–Trinajstić information content (AvgIpc) is 2.63. The lowest BCUT2D eigenvalue weighted by Gasteiger charge is -2.21. The zero-order chi connectivity index (χ0) is 19.4. The van der Waals surface area contributed by atoms with Crippen molar-refractivity contribution in [3.8, 4) is 0 Å². The third kappa shape index (κ3) is 10.5. The van der Waals surface area contributed by atoms with Gasteiger partial charge in [-0.2, -0.15) is 0 Å². The van der Waals surface area contributed by atoms with Gasteiger partial charge in [-0.05, 0) is 52.4 Å². The number of benzene rings is 1. The molecule has 0 spiro atoms. The van der Waals surface area contributed by atoms with E-state index in [2.05, 4.69) is 41.3 Å². The summed E-state index contributed by atoms with van der Waals surface area (Å²) in [4.78, 5) is 6.96. The van der Waals surface area contributed by atoms with Crippen LogP contribution in [-0.2, 0) is 0 Å². The molecule has 0 saturated heterocycles. The maximum Gasteiger partial charge on any atom is 0.191 e. The molecule has 1 rings (SSSR count). The fourth-order valence-electron chi connectivity index (χ4n) is 2.81. The molecule has 1 aromatic rings. The number of rotatable bonds is 11. The second kappa shape index (κ2) is 15.4. The number of hydrogen-bond acceptors (Lipinski definition) is 3. The molecule has 27 heavy (non-hydrogen) atoms. The van der Waals surface area contributed by atoms with E-state index in [1.54, 1.807) is 6.07 Å². The van der Waals surface area contributed by atoms with E-state index in [1.807, 2.05) is 25.1 Å². The van der Waals surface area contributed by atoms with Crippen LogP contribution >= 0.6 is 35.6 Å². The van der Waals surface area contributed by atoms with Gasteiger partial charge in [0.15, 0.2) is 5.96 Å². The van der Waals surface area contributed by atoms with E-state index >= 15 is 0 Å². The summed E-state index contributed by atoms with van der Waals surface area (Å²) in [6.07, 6.45) is 1.52. The zero-order valence-electron chi connectivity index (χ0n) is 17.0. The molecular formula is C20H36ClIN4O. The Morgan fingerprint density at radius 1 is 1.22 bits per heavy atom. The molecule has 0 fully saturated rings. The molecule has 156 valence electrons. The summed E-state index contributed by atoms with van der Waals surface area (Å²) in [6, 6.07) is 7.66. The van der Waals surface area contributed by atoms with Crippen molar-refractivity contribution < 1.29 is 5.11 Å². The van der Waals surface area contributed by atoms with Crippen LogP contribution in [-0.4, -0.2) is 54.7 Å². The molecule has 0 aromatic heterocycles. The van der Waals surface area contributed by atoms with E-state index in [4.69, 9.17) is 11.6 Å². The van der Waals surface area contributed by atoms with Crippen molar-refractivity contribution in [3.63, 3.8) is 0 Å². The molecule has 2 atom stereocenters. The number of hydrogen-bond donors (Lipinski definition) is 3. The standard InChI is InChI=1S/C20H35ClN4O.HI/c1-5-22-20(24-16(4)11-10-14-25(6-2)7-3)23-15-19(26)17-12-8-9-13-18(17)21;/h8-9,12-13,16,19,26H,5-7,10-11,14-15H2,1-4H3,(H2,22,23,24);1H. The van der Waals surface area contributed by atoms with Gasteiger partial charge in [0.05, 0.1) is 6.54 Å². The van der Waals surface area contributed by atoms with Crippen LogP contribution in [0.25, 0.3) is 0 Å². The van der Waals surface area contributed by atoms with E-state index in [9.17, 15) is 5.11 Å². The number of nitrogens with one attached hydrogen (secondary N) is 2. The van der Waals surface area contributed by atoms with Crippen LogP contribution in [0, 0.1) is 0 Å². The highest BCUT2D eigenvalue weighted by molar-refractivity contribution is 14.0. The van der Waals surface area contributed by atoms with Crippen LogP contribution < -0.4 is 10.6 Å². The lowest BCUT2D eigenvalue weighted by molar-refractivity contribution is 0.187. The second-order valence-corrected chi connectivity index (χ2v) is 6.88. The van der Waals surface area contributed by atoms with Crippen molar-refractivity contribution in [2.24, 2.45) is 4.99 Å². The lowest BCUT2D eigenvalue weighted by atomic mass is 10.1. The van der Waals surface area contributed by atoms with Crippen LogP contribution in [0.3, 0.4) is 0 Å². The monoisotopic (exact) mass is 510 g/mol. The summed E-state index contributed by atoms with van der Waals surface area (Å²) in [5.74, 6) is 0.731. The summed E-state index contributed by atoms with van der Waals surface area (Å²) >= 11 is 6.14. The molecule has 0 saturated carbocycles. The van der Waals surface area contributed by atoms with Gasteiger partial charge in [-0.15, -0.1) is 24.0 Å². The van der Waals surface area contributed by atoms with Crippen molar-refractivity contribution in [2.45, 2.75) is 52.7 Å². The number of halogens is 2. The van der Waals surface area contributed by atoms with E-state index < -0.39 is 6.10 Å². The molecule has 0 amide bonds. The van der Waals surface area contributed by atoms with Gasteiger partial charge in [0.25, 0.3) is 0 Å². The Morgan fingerprint density at radius 2 is 1.89 bits per heavy atom. The number of aliphatic hydroxyl groups is 1. The summed E-state index contributed by atoms with van der Waals surface area (Å²) in [7, 11) is 0.